The van der Waals surface area contributed by atoms with Gasteiger partial charge in [-0.05, 0) is 32.4 Å². The number of benzene rings is 1. The van der Waals surface area contributed by atoms with Crippen LogP contribution in [0.5, 0.6) is 5.75 Å². The molecule has 0 bridgehead atoms. The number of aliphatic imine (C=N–C) groups is 1. The number of nitrogens with zero attached hydrogens (tertiary/aromatic N) is 1. The molecule has 0 amide bonds. The van der Waals surface area contributed by atoms with Gasteiger partial charge in [0.25, 0.3) is 0 Å². The summed E-state index contributed by atoms with van der Waals surface area (Å²) in [5, 5.41) is 7.08. The predicted molar refractivity (Wildman–Crippen MR) is 107 cm³/mol. The molecule has 0 saturated carbocycles. The summed E-state index contributed by atoms with van der Waals surface area (Å²) in [5.74, 6) is 1.45. The monoisotopic (exact) mass is 455 g/mol. The van der Waals surface area contributed by atoms with Gasteiger partial charge in [0.15, 0.2) is 5.96 Å². The van der Waals surface area contributed by atoms with E-state index in [0.717, 1.165) is 32.1 Å². The zero-order valence-electron chi connectivity index (χ0n) is 14.0. The third-order valence-corrected chi connectivity index (χ3v) is 3.22. The molecule has 5 nitrogen and oxygen atoms in total. The molecular formula is C16H27ClIN3O2. The molecule has 0 spiro atoms. The van der Waals surface area contributed by atoms with Crippen LogP contribution in [0.25, 0.3) is 0 Å². The van der Waals surface area contributed by atoms with E-state index in [1.54, 1.807) is 7.05 Å². The minimum atomic E-state index is -0.0260. The lowest BCUT2D eigenvalue weighted by atomic mass is 10.3. The highest BCUT2D eigenvalue weighted by molar-refractivity contribution is 14.0. The largest absolute Gasteiger partial charge is 0.487 e. The van der Waals surface area contributed by atoms with Crippen LogP contribution in [-0.4, -0.2) is 45.4 Å². The Labute approximate surface area is 161 Å². The van der Waals surface area contributed by atoms with Crippen LogP contribution in [0.3, 0.4) is 0 Å². The van der Waals surface area contributed by atoms with E-state index in [1.165, 1.54) is 0 Å². The molecule has 1 unspecified atom stereocenters. The molecule has 1 atom stereocenters. The lowest BCUT2D eigenvalue weighted by Gasteiger charge is -2.18. The van der Waals surface area contributed by atoms with Crippen molar-refractivity contribution in [1.29, 1.82) is 0 Å². The van der Waals surface area contributed by atoms with Gasteiger partial charge in [-0.15, -0.1) is 24.0 Å². The highest BCUT2D eigenvalue weighted by Gasteiger charge is 2.07. The van der Waals surface area contributed by atoms with Crippen LogP contribution in [-0.2, 0) is 4.74 Å². The van der Waals surface area contributed by atoms with Crippen molar-refractivity contribution in [2.75, 3.05) is 33.4 Å². The zero-order chi connectivity index (χ0) is 16.2. The van der Waals surface area contributed by atoms with Gasteiger partial charge in [-0.2, -0.15) is 0 Å². The van der Waals surface area contributed by atoms with Crippen LogP contribution in [0.15, 0.2) is 29.3 Å². The van der Waals surface area contributed by atoms with E-state index in [9.17, 15) is 0 Å². The number of ether oxygens (including phenoxy) is 2. The average molecular weight is 456 g/mol. The van der Waals surface area contributed by atoms with Gasteiger partial charge >= 0.3 is 0 Å². The molecule has 132 valence electrons. The van der Waals surface area contributed by atoms with Crippen molar-refractivity contribution in [3.05, 3.63) is 29.3 Å². The summed E-state index contributed by atoms with van der Waals surface area (Å²) in [4.78, 5) is 4.17. The Morgan fingerprint density at radius 1 is 1.30 bits per heavy atom. The molecule has 0 radical (unpaired) electrons. The van der Waals surface area contributed by atoms with Crippen molar-refractivity contribution in [2.45, 2.75) is 26.4 Å². The molecule has 7 heteroatoms. The fraction of sp³-hybridized carbons (Fsp3) is 0.562. The van der Waals surface area contributed by atoms with E-state index in [0.29, 0.717) is 17.3 Å². The first-order valence-corrected chi connectivity index (χ1v) is 7.98. The smallest absolute Gasteiger partial charge is 0.191 e. The molecule has 0 aliphatic rings. The van der Waals surface area contributed by atoms with E-state index in [2.05, 4.69) is 15.6 Å². The van der Waals surface area contributed by atoms with Gasteiger partial charge in [-0.1, -0.05) is 23.7 Å². The third-order valence-electron chi connectivity index (χ3n) is 2.91. The van der Waals surface area contributed by atoms with Crippen molar-refractivity contribution < 1.29 is 9.47 Å². The van der Waals surface area contributed by atoms with Crippen molar-refractivity contribution in [3.63, 3.8) is 0 Å². The maximum atomic E-state index is 6.08. The number of halogens is 2. The molecule has 1 rings (SSSR count). The second kappa shape index (κ2) is 13.7. The van der Waals surface area contributed by atoms with Gasteiger partial charge in [0.2, 0.25) is 0 Å². The van der Waals surface area contributed by atoms with Crippen LogP contribution >= 0.6 is 35.6 Å². The molecule has 1 aromatic carbocycles. The van der Waals surface area contributed by atoms with Crippen LogP contribution in [0.2, 0.25) is 5.02 Å². The van der Waals surface area contributed by atoms with Crippen molar-refractivity contribution in [1.82, 2.24) is 10.6 Å². The molecule has 0 saturated heterocycles. The topological polar surface area (TPSA) is 54.9 Å². The summed E-state index contributed by atoms with van der Waals surface area (Å²) in [6, 6.07) is 7.46. The lowest BCUT2D eigenvalue weighted by molar-refractivity contribution is 0.145. The maximum absolute atomic E-state index is 6.08. The number of nitrogens with one attached hydrogen (secondary N) is 2. The molecule has 0 aromatic heterocycles. The first kappa shape index (κ1) is 22.3. The Bertz CT molecular complexity index is 461. The van der Waals surface area contributed by atoms with E-state index < -0.39 is 0 Å². The summed E-state index contributed by atoms with van der Waals surface area (Å²) >= 11 is 6.08. The van der Waals surface area contributed by atoms with Crippen molar-refractivity contribution >= 4 is 41.5 Å². The number of guanidine groups is 1. The van der Waals surface area contributed by atoms with E-state index in [1.807, 2.05) is 38.1 Å². The Morgan fingerprint density at radius 2 is 2.04 bits per heavy atom. The number of hydrogen-bond donors (Lipinski definition) is 2. The highest BCUT2D eigenvalue weighted by atomic mass is 127. The van der Waals surface area contributed by atoms with Gasteiger partial charge in [-0.3, -0.25) is 4.99 Å². The number of hydrogen-bond acceptors (Lipinski definition) is 3. The molecule has 23 heavy (non-hydrogen) atoms. The summed E-state index contributed by atoms with van der Waals surface area (Å²) in [6.45, 7) is 6.94. The van der Waals surface area contributed by atoms with Gasteiger partial charge in [0.05, 0.1) is 11.6 Å². The van der Waals surface area contributed by atoms with Crippen molar-refractivity contribution in [3.8, 4) is 5.75 Å². The quantitative estimate of drug-likeness (QED) is 0.260. The van der Waals surface area contributed by atoms with Gasteiger partial charge < -0.3 is 20.1 Å². The van der Waals surface area contributed by atoms with E-state index in [4.69, 9.17) is 21.1 Å². The SMILES string of the molecule is CCOCCCNC(=NC)NCC(C)Oc1ccccc1Cl.I. The molecular weight excluding hydrogens is 429 g/mol. The fourth-order valence-electron chi connectivity index (χ4n) is 1.79. The van der Waals surface area contributed by atoms with Crippen LogP contribution in [0.1, 0.15) is 20.3 Å². The second-order valence-corrected chi connectivity index (χ2v) is 5.20. The minimum absolute atomic E-state index is 0. The molecule has 0 fully saturated rings. The first-order valence-electron chi connectivity index (χ1n) is 7.60. The molecule has 0 aliphatic carbocycles. The number of para-hydroxylation sites is 1. The Balaban J connectivity index is 0.00000484. The van der Waals surface area contributed by atoms with Gasteiger partial charge in [0, 0.05) is 26.8 Å². The summed E-state index contributed by atoms with van der Waals surface area (Å²) < 4.78 is 11.1. The minimum Gasteiger partial charge on any atom is -0.487 e. The Hall–Kier alpha value is -0.730. The lowest BCUT2D eigenvalue weighted by Crippen LogP contribution is -2.42. The molecule has 0 heterocycles. The first-order chi connectivity index (χ1) is 10.7. The Morgan fingerprint density at radius 3 is 2.70 bits per heavy atom. The normalized spacial score (nSPS) is 12.3. The van der Waals surface area contributed by atoms with Crippen LogP contribution < -0.4 is 15.4 Å². The van der Waals surface area contributed by atoms with E-state index >= 15 is 0 Å². The summed E-state index contributed by atoms with van der Waals surface area (Å²) in [6.07, 6.45) is 0.919. The zero-order valence-corrected chi connectivity index (χ0v) is 17.1. The summed E-state index contributed by atoms with van der Waals surface area (Å²) in [7, 11) is 1.75. The molecule has 0 aliphatic heterocycles. The summed E-state index contributed by atoms with van der Waals surface area (Å²) in [5.41, 5.74) is 0. The van der Waals surface area contributed by atoms with E-state index in [-0.39, 0.29) is 30.1 Å². The molecule has 1 aromatic rings. The predicted octanol–water partition coefficient (Wildman–Crippen LogP) is 3.32. The fourth-order valence-corrected chi connectivity index (χ4v) is 1.97. The van der Waals surface area contributed by atoms with Crippen LogP contribution in [0, 0.1) is 0 Å². The number of rotatable bonds is 9. The third kappa shape index (κ3) is 9.88. The van der Waals surface area contributed by atoms with Crippen molar-refractivity contribution in [2.24, 2.45) is 4.99 Å². The standard InChI is InChI=1S/C16H26ClN3O2.HI/c1-4-21-11-7-10-19-16(18-3)20-12-13(2)22-15-9-6-5-8-14(15)17;/h5-6,8-9,13H,4,7,10-12H2,1-3H3,(H2,18,19,20);1H. The molecule has 2 N–H and O–H groups in total. The maximum Gasteiger partial charge on any atom is 0.191 e. The Kier molecular flexibility index (Phi) is 13.3. The van der Waals surface area contributed by atoms with Gasteiger partial charge in [-0.25, -0.2) is 0 Å². The highest BCUT2D eigenvalue weighted by Crippen LogP contribution is 2.23. The van der Waals surface area contributed by atoms with Gasteiger partial charge in [0.1, 0.15) is 11.9 Å². The average Bonchev–Trinajstić information content (AvgIpc) is 2.52. The second-order valence-electron chi connectivity index (χ2n) is 4.79. The van der Waals surface area contributed by atoms with Crippen LogP contribution in [0.4, 0.5) is 0 Å².